The molecule has 0 saturated heterocycles. The second-order valence-electron chi connectivity index (χ2n) is 9.55. The zero-order valence-corrected chi connectivity index (χ0v) is 23.3. The summed E-state index contributed by atoms with van der Waals surface area (Å²) in [6.45, 7) is 0.872. The van der Waals surface area contributed by atoms with E-state index in [2.05, 4.69) is 25.9 Å². The highest BCUT2D eigenvalue weighted by atomic mass is 32.2. The number of nitrogen functional groups attached to an aromatic ring is 1. The van der Waals surface area contributed by atoms with Gasteiger partial charge in [-0.25, -0.2) is 9.97 Å². The third-order valence-corrected chi connectivity index (χ3v) is 8.17. The van der Waals surface area contributed by atoms with Crippen LogP contribution in [0.25, 0.3) is 33.2 Å². The Kier molecular flexibility index (Phi) is 7.26. The topological polar surface area (TPSA) is 111 Å². The van der Waals surface area contributed by atoms with Gasteiger partial charge >= 0.3 is 0 Å². The number of nitrogens with one attached hydrogen (secondary N) is 2. The van der Waals surface area contributed by atoms with E-state index in [1.165, 1.54) is 0 Å². The molecular weight excluding hydrogens is 534 g/mol. The van der Waals surface area contributed by atoms with Gasteiger partial charge in [0.15, 0.2) is 0 Å². The standard InChI is InChI=1S/C32H29N5O3S/c1-39-32-27-17-22(19-35-32)21-12-13-26-25(16-21)29(28(30(33)36-26)20-8-4-3-5-9-20)31(38)34-14-7-15-40-24-11-6-10-23(18-24)37-41(27)2/h3-6,8-13,16-19,37H,2,7,14-15H2,1H3,(H2,33,36)(H,34,38). The first-order valence-corrected chi connectivity index (χ1v) is 14.6. The minimum atomic E-state index is -0.689. The number of pyridine rings is 2. The maximum atomic E-state index is 13.8. The fourth-order valence-corrected chi connectivity index (χ4v) is 6.05. The van der Waals surface area contributed by atoms with E-state index in [0.717, 1.165) is 33.0 Å². The third-order valence-electron chi connectivity index (χ3n) is 6.86. The molecular formula is C32H29N5O3S. The summed E-state index contributed by atoms with van der Waals surface area (Å²) in [7, 11) is 0.906. The van der Waals surface area contributed by atoms with Crippen LogP contribution in [0.4, 0.5) is 11.5 Å². The van der Waals surface area contributed by atoms with Gasteiger partial charge in [-0.1, -0.05) is 59.0 Å². The van der Waals surface area contributed by atoms with E-state index in [9.17, 15) is 4.79 Å². The molecule has 5 aromatic rings. The molecule has 2 aromatic heterocycles. The van der Waals surface area contributed by atoms with Crippen molar-refractivity contribution in [1.82, 2.24) is 15.3 Å². The minimum absolute atomic E-state index is 0.222. The van der Waals surface area contributed by atoms with Gasteiger partial charge in [0.05, 0.1) is 29.7 Å². The Balaban J connectivity index is 1.55. The predicted octanol–water partition coefficient (Wildman–Crippen LogP) is 6.15. The van der Waals surface area contributed by atoms with E-state index in [4.69, 9.17) is 15.2 Å². The number of nitrogens with zero attached hydrogens (tertiary/aromatic N) is 2. The summed E-state index contributed by atoms with van der Waals surface area (Å²) >= 11 is 0. The number of carbonyl (C=O) groups excluding carboxylic acids is 1. The van der Waals surface area contributed by atoms with Crippen LogP contribution in [0.3, 0.4) is 0 Å². The van der Waals surface area contributed by atoms with Crippen LogP contribution in [0.5, 0.6) is 11.6 Å². The number of rotatable bonds is 2. The molecule has 1 aliphatic rings. The Bertz CT molecular complexity index is 1790. The zero-order valence-electron chi connectivity index (χ0n) is 22.5. The van der Waals surface area contributed by atoms with Crippen LogP contribution in [0.1, 0.15) is 16.8 Å². The van der Waals surface area contributed by atoms with Crippen LogP contribution in [-0.2, 0) is 0 Å². The monoisotopic (exact) mass is 563 g/mol. The molecule has 9 heteroatoms. The molecule has 0 spiro atoms. The summed E-state index contributed by atoms with van der Waals surface area (Å²) < 4.78 is 15.0. The molecule has 4 N–H and O–H groups in total. The lowest BCUT2D eigenvalue weighted by Gasteiger charge is -2.18. The van der Waals surface area contributed by atoms with Crippen molar-refractivity contribution in [2.45, 2.75) is 11.3 Å². The van der Waals surface area contributed by atoms with Gasteiger partial charge in [0, 0.05) is 41.0 Å². The number of amides is 1. The van der Waals surface area contributed by atoms with Crippen LogP contribution in [-0.4, -0.2) is 42.0 Å². The van der Waals surface area contributed by atoms with Crippen molar-refractivity contribution in [3.63, 3.8) is 0 Å². The van der Waals surface area contributed by atoms with E-state index in [-0.39, 0.29) is 5.91 Å². The number of aromatic nitrogens is 2. The molecule has 0 radical (unpaired) electrons. The third kappa shape index (κ3) is 5.31. The minimum Gasteiger partial charge on any atom is -0.493 e. The number of anilines is 2. The number of nitrogens with two attached hydrogens (primary N) is 1. The summed E-state index contributed by atoms with van der Waals surface area (Å²) in [5.41, 5.74) is 11.6. The molecule has 3 aromatic carbocycles. The molecule has 0 aliphatic carbocycles. The molecule has 0 fully saturated rings. The van der Waals surface area contributed by atoms with E-state index in [1.54, 1.807) is 13.3 Å². The second kappa shape index (κ2) is 11.3. The Morgan fingerprint density at radius 1 is 0.976 bits per heavy atom. The quantitative estimate of drug-likeness (QED) is 0.221. The Labute approximate surface area is 240 Å². The van der Waals surface area contributed by atoms with Gasteiger partial charge in [-0.2, -0.15) is 0 Å². The molecule has 3 heterocycles. The number of ether oxygens (including phenoxy) is 2. The van der Waals surface area contributed by atoms with Crippen molar-refractivity contribution in [2.24, 2.45) is 0 Å². The fourth-order valence-electron chi connectivity index (χ4n) is 4.91. The van der Waals surface area contributed by atoms with Crippen LogP contribution in [0.15, 0.2) is 90.0 Å². The van der Waals surface area contributed by atoms with Crippen molar-refractivity contribution in [3.05, 3.63) is 90.6 Å². The lowest BCUT2D eigenvalue weighted by atomic mass is 9.94. The first kappa shape index (κ1) is 26.3. The van der Waals surface area contributed by atoms with Gasteiger partial charge in [-0.15, -0.1) is 0 Å². The Morgan fingerprint density at radius 2 is 1.83 bits per heavy atom. The normalized spacial score (nSPS) is 15.2. The van der Waals surface area contributed by atoms with Gasteiger partial charge in [-0.05, 0) is 47.9 Å². The van der Waals surface area contributed by atoms with Crippen LogP contribution in [0, 0.1) is 0 Å². The molecule has 206 valence electrons. The summed E-state index contributed by atoms with van der Waals surface area (Å²) in [6.07, 6.45) is 2.39. The Hall–Kier alpha value is -4.89. The van der Waals surface area contributed by atoms with Crippen LogP contribution < -0.4 is 25.2 Å². The van der Waals surface area contributed by atoms with Crippen molar-refractivity contribution in [3.8, 4) is 33.9 Å². The number of carbonyl (C=O) groups is 1. The molecule has 1 atom stereocenters. The molecule has 6 bridgehead atoms. The molecule has 6 rings (SSSR count). The van der Waals surface area contributed by atoms with Crippen LogP contribution >= 0.6 is 10.7 Å². The molecule has 1 unspecified atom stereocenters. The average molecular weight is 564 g/mol. The summed E-state index contributed by atoms with van der Waals surface area (Å²) in [6, 6.07) is 25.2. The van der Waals surface area contributed by atoms with Gasteiger partial charge < -0.3 is 25.2 Å². The maximum Gasteiger partial charge on any atom is 0.252 e. The van der Waals surface area contributed by atoms with Gasteiger partial charge in [0.1, 0.15) is 11.6 Å². The highest BCUT2D eigenvalue weighted by Gasteiger charge is 2.22. The van der Waals surface area contributed by atoms with E-state index in [0.29, 0.717) is 53.3 Å². The second-order valence-corrected chi connectivity index (χ2v) is 11.0. The molecule has 1 amide bonds. The summed E-state index contributed by atoms with van der Waals surface area (Å²) in [5, 5.41) is 3.77. The first-order chi connectivity index (χ1) is 20.0. The van der Waals surface area contributed by atoms with Crippen molar-refractivity contribution < 1.29 is 14.3 Å². The fraction of sp³-hybridized carbons (Fsp3) is 0.125. The van der Waals surface area contributed by atoms with Crippen molar-refractivity contribution in [1.29, 1.82) is 0 Å². The van der Waals surface area contributed by atoms with Gasteiger partial charge in [0.2, 0.25) is 5.88 Å². The smallest absolute Gasteiger partial charge is 0.252 e. The van der Waals surface area contributed by atoms with E-state index in [1.807, 2.05) is 78.9 Å². The number of methoxy groups -OCH3 is 1. The maximum absolute atomic E-state index is 13.8. The van der Waals surface area contributed by atoms with E-state index >= 15 is 0 Å². The SMILES string of the molecule is C=S1Nc2cccc(c2)OCCCNC(=O)c2c(-c3ccccc3)c(N)nc3ccc(cc23)-c2cnc(OC)c1c2. The summed E-state index contributed by atoms with van der Waals surface area (Å²) in [4.78, 5) is 23.9. The van der Waals surface area contributed by atoms with E-state index < -0.39 is 10.7 Å². The number of hydrogen-bond donors (Lipinski definition) is 3. The van der Waals surface area contributed by atoms with Gasteiger partial charge in [0.25, 0.3) is 5.91 Å². The number of hydrogen-bond acceptors (Lipinski definition) is 7. The lowest BCUT2D eigenvalue weighted by Crippen LogP contribution is -2.27. The predicted molar refractivity (Wildman–Crippen MR) is 167 cm³/mol. The van der Waals surface area contributed by atoms with Crippen molar-refractivity contribution in [2.75, 3.05) is 30.7 Å². The number of benzene rings is 3. The summed E-state index contributed by atoms with van der Waals surface area (Å²) in [5.74, 6) is 5.66. The highest BCUT2D eigenvalue weighted by Crippen LogP contribution is 2.39. The number of fused-ring (bicyclic) bond motifs is 6. The average Bonchev–Trinajstić information content (AvgIpc) is 2.99. The van der Waals surface area contributed by atoms with Crippen LogP contribution in [0.2, 0.25) is 0 Å². The highest BCUT2D eigenvalue weighted by molar-refractivity contribution is 8.15. The first-order valence-electron chi connectivity index (χ1n) is 13.2. The lowest BCUT2D eigenvalue weighted by molar-refractivity contribution is 0.0954. The van der Waals surface area contributed by atoms with Gasteiger partial charge in [-0.3, -0.25) is 4.79 Å². The molecule has 0 saturated carbocycles. The molecule has 41 heavy (non-hydrogen) atoms. The molecule has 8 nitrogen and oxygen atoms in total. The zero-order chi connectivity index (χ0) is 28.3. The Morgan fingerprint density at radius 3 is 2.66 bits per heavy atom. The largest absolute Gasteiger partial charge is 0.493 e. The molecule has 1 aliphatic heterocycles. The van der Waals surface area contributed by atoms with Crippen molar-refractivity contribution >= 4 is 44.9 Å².